The van der Waals surface area contributed by atoms with Gasteiger partial charge in [0.25, 0.3) is 0 Å². The van der Waals surface area contributed by atoms with Crippen LogP contribution in [-0.2, 0) is 21.7 Å². The maximum atomic E-state index is 5.65. The Kier molecular flexibility index (Phi) is 6.77. The minimum atomic E-state index is -0.484. The van der Waals surface area contributed by atoms with E-state index >= 15 is 0 Å². The van der Waals surface area contributed by atoms with Crippen LogP contribution in [0.5, 0.6) is 0 Å². The van der Waals surface area contributed by atoms with Gasteiger partial charge in [-0.25, -0.2) is 0 Å². The summed E-state index contributed by atoms with van der Waals surface area (Å²) in [4.78, 5) is 9.77. The molecule has 1 fully saturated rings. The van der Waals surface area contributed by atoms with E-state index in [2.05, 4.69) is 66.6 Å². The molecular weight excluding hydrogens is 398 g/mol. The van der Waals surface area contributed by atoms with Gasteiger partial charge in [-0.05, 0) is 73.9 Å². The molecule has 0 aromatic heterocycles. The van der Waals surface area contributed by atoms with E-state index in [9.17, 15) is 0 Å². The Morgan fingerprint density at radius 3 is 2.44 bits per heavy atom. The van der Waals surface area contributed by atoms with Gasteiger partial charge in [-0.15, -0.1) is 0 Å². The number of nitrogens with zero attached hydrogens (tertiary/aromatic N) is 2. The molecule has 0 spiro atoms. The molecule has 1 N–H and O–H groups in total. The minimum absolute atomic E-state index is 0.352. The summed E-state index contributed by atoms with van der Waals surface area (Å²) >= 11 is 0. The number of hydrogen-bond donors (Lipinski definition) is 1. The summed E-state index contributed by atoms with van der Waals surface area (Å²) in [6, 6.07) is 15.3. The molecule has 1 unspecified atom stereocenters. The van der Waals surface area contributed by atoms with Crippen LogP contribution in [0.2, 0.25) is 0 Å². The Balaban J connectivity index is 1.79. The molecule has 1 aliphatic heterocycles. The molecule has 0 radical (unpaired) electrons. The maximum absolute atomic E-state index is 5.65. The monoisotopic (exact) mass is 433 g/mol. The molecule has 170 valence electrons. The van der Waals surface area contributed by atoms with Crippen LogP contribution < -0.4 is 5.32 Å². The number of ether oxygens (including phenoxy) is 2. The number of amidine groups is 1. The van der Waals surface area contributed by atoms with Crippen LogP contribution in [0.1, 0.15) is 49.3 Å². The van der Waals surface area contributed by atoms with E-state index < -0.39 is 5.66 Å². The molecule has 1 heterocycles. The molecule has 0 amide bonds. The normalized spacial score (nSPS) is 26.8. The molecule has 2 aliphatic rings. The van der Waals surface area contributed by atoms with Crippen molar-refractivity contribution in [3.8, 4) is 11.1 Å². The van der Waals surface area contributed by atoms with Crippen LogP contribution in [0.25, 0.3) is 11.1 Å². The Hall–Kier alpha value is -2.50. The van der Waals surface area contributed by atoms with E-state index in [0.717, 1.165) is 37.2 Å². The van der Waals surface area contributed by atoms with Crippen LogP contribution in [0.4, 0.5) is 0 Å². The summed E-state index contributed by atoms with van der Waals surface area (Å²) < 4.78 is 11.0. The smallest absolute Gasteiger partial charge is 0.160 e. The number of nitrogens with one attached hydrogen (secondary N) is 1. The van der Waals surface area contributed by atoms with Gasteiger partial charge >= 0.3 is 0 Å². The van der Waals surface area contributed by atoms with Crippen LogP contribution in [0.3, 0.4) is 0 Å². The SMILES string of the molecule is CN=C1NC(c2cc(-c3cccc(COC)c3)ccc2C)(C2CCC(OC)CC2)N=C1C. The summed E-state index contributed by atoms with van der Waals surface area (Å²) in [5, 5.41) is 3.76. The first-order chi connectivity index (χ1) is 15.5. The highest BCUT2D eigenvalue weighted by molar-refractivity contribution is 6.42. The molecule has 0 bridgehead atoms. The highest BCUT2D eigenvalue weighted by Crippen LogP contribution is 2.45. The summed E-state index contributed by atoms with van der Waals surface area (Å²) in [6.45, 7) is 4.86. The van der Waals surface area contributed by atoms with E-state index in [1.807, 2.05) is 14.2 Å². The predicted octanol–water partition coefficient (Wildman–Crippen LogP) is 5.26. The minimum Gasteiger partial charge on any atom is -0.381 e. The van der Waals surface area contributed by atoms with E-state index in [0.29, 0.717) is 18.6 Å². The van der Waals surface area contributed by atoms with Gasteiger partial charge in [-0.2, -0.15) is 0 Å². The van der Waals surface area contributed by atoms with E-state index in [1.54, 1.807) is 7.11 Å². The van der Waals surface area contributed by atoms with Gasteiger partial charge in [0, 0.05) is 32.7 Å². The molecular formula is C27H35N3O2. The number of methoxy groups -OCH3 is 2. The quantitative estimate of drug-likeness (QED) is 0.676. The Bertz CT molecular complexity index is 1020. The predicted molar refractivity (Wildman–Crippen MR) is 131 cm³/mol. The van der Waals surface area contributed by atoms with E-state index in [4.69, 9.17) is 14.5 Å². The zero-order chi connectivity index (χ0) is 22.7. The van der Waals surface area contributed by atoms with Crippen LogP contribution in [0.15, 0.2) is 52.4 Å². The van der Waals surface area contributed by atoms with E-state index in [-0.39, 0.29) is 0 Å². The lowest BCUT2D eigenvalue weighted by Gasteiger charge is -2.40. The lowest BCUT2D eigenvalue weighted by atomic mass is 9.74. The number of aryl methyl sites for hydroxylation is 1. The van der Waals surface area contributed by atoms with Crippen molar-refractivity contribution in [1.82, 2.24) is 5.32 Å². The zero-order valence-electron chi connectivity index (χ0n) is 19.9. The summed E-state index contributed by atoms with van der Waals surface area (Å²) in [6.07, 6.45) is 4.63. The van der Waals surface area contributed by atoms with Gasteiger partial charge in [-0.3, -0.25) is 9.98 Å². The molecule has 5 nitrogen and oxygen atoms in total. The molecule has 1 atom stereocenters. The standard InChI is InChI=1S/C27H35N3O2/c1-18-9-10-22(21-8-6-7-20(15-21)17-31-4)16-25(18)27(29-19(2)26(28-3)30-27)23-11-13-24(32-5)14-12-23/h6-10,15-16,23-24H,11-14,17H2,1-5H3,(H,28,30). The van der Waals surface area contributed by atoms with Crippen molar-refractivity contribution in [2.24, 2.45) is 15.9 Å². The molecule has 2 aromatic carbocycles. The molecule has 2 aromatic rings. The van der Waals surface area contributed by atoms with Crippen molar-refractivity contribution in [3.63, 3.8) is 0 Å². The lowest BCUT2D eigenvalue weighted by Crippen LogP contribution is -2.48. The summed E-state index contributed by atoms with van der Waals surface area (Å²) in [5.41, 5.74) is 6.55. The van der Waals surface area contributed by atoms with Crippen molar-refractivity contribution in [2.45, 2.75) is 57.9 Å². The van der Waals surface area contributed by atoms with Gasteiger partial charge in [0.2, 0.25) is 0 Å². The number of hydrogen-bond acceptors (Lipinski definition) is 4. The van der Waals surface area contributed by atoms with Crippen molar-refractivity contribution in [3.05, 3.63) is 59.2 Å². The second-order valence-electron chi connectivity index (χ2n) is 9.03. The summed E-state index contributed by atoms with van der Waals surface area (Å²) in [7, 11) is 5.39. The number of rotatable bonds is 6. The number of aliphatic imine (C=N–C) groups is 2. The van der Waals surface area contributed by atoms with Gasteiger partial charge in [0.1, 0.15) is 5.84 Å². The van der Waals surface area contributed by atoms with Gasteiger partial charge in [-0.1, -0.05) is 30.3 Å². The fourth-order valence-corrected chi connectivity index (χ4v) is 5.31. The maximum Gasteiger partial charge on any atom is 0.160 e. The second-order valence-corrected chi connectivity index (χ2v) is 9.03. The first-order valence-electron chi connectivity index (χ1n) is 11.5. The molecule has 4 rings (SSSR count). The average Bonchev–Trinajstić information content (AvgIpc) is 3.17. The first kappa shape index (κ1) is 22.7. The highest BCUT2D eigenvalue weighted by Gasteiger charge is 2.47. The lowest BCUT2D eigenvalue weighted by molar-refractivity contribution is 0.0395. The summed E-state index contributed by atoms with van der Waals surface area (Å²) in [5.74, 6) is 1.28. The van der Waals surface area contributed by atoms with Crippen molar-refractivity contribution >= 4 is 11.5 Å². The van der Waals surface area contributed by atoms with E-state index in [1.165, 1.54) is 27.8 Å². The second kappa shape index (κ2) is 9.55. The van der Waals surface area contributed by atoms with Crippen molar-refractivity contribution in [1.29, 1.82) is 0 Å². The van der Waals surface area contributed by atoms with Crippen molar-refractivity contribution < 1.29 is 9.47 Å². The van der Waals surface area contributed by atoms with Gasteiger partial charge in [0.05, 0.1) is 18.4 Å². The zero-order valence-corrected chi connectivity index (χ0v) is 19.9. The Morgan fingerprint density at radius 2 is 1.78 bits per heavy atom. The molecule has 0 saturated heterocycles. The van der Waals surface area contributed by atoms with Crippen molar-refractivity contribution in [2.75, 3.05) is 21.3 Å². The van der Waals surface area contributed by atoms with Gasteiger partial charge in [0.15, 0.2) is 5.66 Å². The molecule has 1 saturated carbocycles. The third-order valence-corrected chi connectivity index (χ3v) is 7.04. The number of benzene rings is 2. The Labute approximate surface area is 192 Å². The molecule has 32 heavy (non-hydrogen) atoms. The fraction of sp³-hybridized carbons (Fsp3) is 0.481. The van der Waals surface area contributed by atoms with Crippen LogP contribution in [-0.4, -0.2) is 38.9 Å². The third-order valence-electron chi connectivity index (χ3n) is 7.04. The fourth-order valence-electron chi connectivity index (χ4n) is 5.31. The average molecular weight is 434 g/mol. The highest BCUT2D eigenvalue weighted by atomic mass is 16.5. The van der Waals surface area contributed by atoms with Crippen LogP contribution in [0, 0.1) is 12.8 Å². The largest absolute Gasteiger partial charge is 0.381 e. The van der Waals surface area contributed by atoms with Crippen LogP contribution >= 0.6 is 0 Å². The molecule has 5 heteroatoms. The third kappa shape index (κ3) is 4.24. The Morgan fingerprint density at radius 1 is 1.03 bits per heavy atom. The molecule has 1 aliphatic carbocycles. The van der Waals surface area contributed by atoms with Gasteiger partial charge < -0.3 is 14.8 Å². The first-order valence-corrected chi connectivity index (χ1v) is 11.5. The topological polar surface area (TPSA) is 55.2 Å².